The van der Waals surface area contributed by atoms with Crippen molar-refractivity contribution < 1.29 is 14.2 Å². The molecule has 3 aromatic rings. The summed E-state index contributed by atoms with van der Waals surface area (Å²) in [5.74, 6) is 0.750. The van der Waals surface area contributed by atoms with Gasteiger partial charge in [-0.05, 0) is 31.0 Å². The maximum atomic E-state index is 12.6. The lowest BCUT2D eigenvalue weighted by molar-refractivity contribution is -0.748. The Labute approximate surface area is 197 Å². The van der Waals surface area contributed by atoms with Crippen LogP contribution in [0.4, 0.5) is 0 Å². The summed E-state index contributed by atoms with van der Waals surface area (Å²) >= 11 is 1.39. The van der Waals surface area contributed by atoms with Crippen molar-refractivity contribution in [3.8, 4) is 6.07 Å². The van der Waals surface area contributed by atoms with Gasteiger partial charge in [-0.2, -0.15) is 9.94 Å². The molecule has 0 fully saturated rings. The van der Waals surface area contributed by atoms with Gasteiger partial charge in [0.25, 0.3) is 0 Å². The van der Waals surface area contributed by atoms with Crippen LogP contribution in [0.1, 0.15) is 42.4 Å². The van der Waals surface area contributed by atoms with Gasteiger partial charge in [0.1, 0.15) is 11.1 Å². The SMILES string of the molecule is C[n+]1c([C@@H](COCc2ccccc2)NC(=O)C(C)(C)N)nnn1SCc1ccccc1C#N. The zero-order valence-electron chi connectivity index (χ0n) is 18.9. The standard InChI is InChI=1S/C23H27N7O2S/c1-23(2,25)22(31)26-20(15-32-14-17-9-5-4-6-10-17)21-27-28-30(29(21)3)33-16-19-12-8-7-11-18(19)13-24/h4-12,20H,14-16,25H2,1-3H3/p+1/t20-/m1/s1. The Hall–Kier alpha value is -3.26. The molecule has 0 aliphatic heterocycles. The highest BCUT2D eigenvalue weighted by Gasteiger charge is 2.32. The van der Waals surface area contributed by atoms with Crippen molar-refractivity contribution in [2.45, 2.75) is 37.8 Å². The quantitative estimate of drug-likeness (QED) is 0.437. The largest absolute Gasteiger partial charge is 0.374 e. The van der Waals surface area contributed by atoms with Crippen LogP contribution in [0.5, 0.6) is 0 Å². The van der Waals surface area contributed by atoms with E-state index in [1.165, 1.54) is 11.9 Å². The molecule has 1 atom stereocenters. The minimum atomic E-state index is -1.05. The Morgan fingerprint density at radius 1 is 1.27 bits per heavy atom. The minimum Gasteiger partial charge on any atom is -0.374 e. The lowest BCUT2D eigenvalue weighted by Gasteiger charge is -2.21. The van der Waals surface area contributed by atoms with Crippen molar-refractivity contribution in [2.75, 3.05) is 6.61 Å². The number of nitrogens with two attached hydrogens (primary N) is 1. The van der Waals surface area contributed by atoms with E-state index < -0.39 is 11.6 Å². The van der Waals surface area contributed by atoms with E-state index in [4.69, 9.17) is 10.5 Å². The van der Waals surface area contributed by atoms with E-state index in [1.54, 1.807) is 28.8 Å². The van der Waals surface area contributed by atoms with Gasteiger partial charge in [-0.25, -0.2) is 0 Å². The van der Waals surface area contributed by atoms with Crippen LogP contribution in [0.2, 0.25) is 0 Å². The molecule has 0 aliphatic carbocycles. The third-order valence-corrected chi connectivity index (χ3v) is 5.87. The molecule has 1 amide bonds. The summed E-state index contributed by atoms with van der Waals surface area (Å²) in [6.45, 7) is 3.88. The van der Waals surface area contributed by atoms with E-state index in [9.17, 15) is 10.1 Å². The predicted molar refractivity (Wildman–Crippen MR) is 124 cm³/mol. The normalized spacial score (nSPS) is 12.2. The smallest absolute Gasteiger partial charge is 0.326 e. The van der Waals surface area contributed by atoms with Crippen LogP contribution in [-0.2, 0) is 28.9 Å². The molecule has 33 heavy (non-hydrogen) atoms. The number of carbonyl (C=O) groups excluding carboxylic acids is 1. The van der Waals surface area contributed by atoms with Crippen molar-refractivity contribution in [3.05, 3.63) is 77.1 Å². The number of tetrazole rings is 1. The highest BCUT2D eigenvalue weighted by molar-refractivity contribution is 7.96. The second-order valence-electron chi connectivity index (χ2n) is 8.11. The molecule has 10 heteroatoms. The third-order valence-electron chi connectivity index (χ3n) is 4.88. The van der Waals surface area contributed by atoms with Gasteiger partial charge in [-0.3, -0.25) is 4.79 Å². The van der Waals surface area contributed by atoms with Crippen LogP contribution in [0.25, 0.3) is 0 Å². The van der Waals surface area contributed by atoms with Crippen LogP contribution in [-0.4, -0.2) is 32.6 Å². The molecular formula is C23H28N7O2S+. The number of hydrogen-bond acceptors (Lipinski definition) is 7. The Balaban J connectivity index is 1.74. The van der Waals surface area contributed by atoms with Gasteiger partial charge in [0.2, 0.25) is 5.91 Å². The minimum absolute atomic E-state index is 0.200. The summed E-state index contributed by atoms with van der Waals surface area (Å²) in [5.41, 5.74) is 7.48. The van der Waals surface area contributed by atoms with Crippen molar-refractivity contribution >= 4 is 17.9 Å². The molecule has 1 aromatic heterocycles. The fourth-order valence-electron chi connectivity index (χ4n) is 2.98. The highest BCUT2D eigenvalue weighted by Crippen LogP contribution is 2.17. The van der Waals surface area contributed by atoms with Crippen LogP contribution in [0, 0.1) is 11.3 Å². The summed E-state index contributed by atoms with van der Waals surface area (Å²) in [7, 11) is 1.81. The van der Waals surface area contributed by atoms with E-state index in [2.05, 4.69) is 21.7 Å². The highest BCUT2D eigenvalue weighted by atomic mass is 32.2. The number of carbonyl (C=O) groups is 1. The molecule has 0 spiro atoms. The van der Waals surface area contributed by atoms with Gasteiger partial charge >= 0.3 is 5.82 Å². The fourth-order valence-corrected chi connectivity index (χ4v) is 3.83. The summed E-state index contributed by atoms with van der Waals surface area (Å²) in [6, 6.07) is 18.9. The lowest BCUT2D eigenvalue weighted by atomic mass is 10.1. The van der Waals surface area contributed by atoms with Crippen molar-refractivity contribution in [1.82, 2.24) is 19.8 Å². The van der Waals surface area contributed by atoms with Gasteiger partial charge in [-0.15, -0.1) is 0 Å². The van der Waals surface area contributed by atoms with Gasteiger partial charge in [0.15, 0.2) is 5.21 Å². The molecule has 3 N–H and O–H groups in total. The van der Waals surface area contributed by atoms with Crippen LogP contribution in [0.3, 0.4) is 0 Å². The topological polar surface area (TPSA) is 123 Å². The predicted octanol–water partition coefficient (Wildman–Crippen LogP) is 1.78. The van der Waals surface area contributed by atoms with E-state index in [1.807, 2.05) is 55.6 Å². The van der Waals surface area contributed by atoms with E-state index in [0.29, 0.717) is 23.7 Å². The van der Waals surface area contributed by atoms with Gasteiger partial charge in [0.05, 0.1) is 37.4 Å². The maximum Gasteiger partial charge on any atom is 0.326 e. The molecule has 0 aliphatic rings. The zero-order chi connectivity index (χ0) is 23.8. The number of nitriles is 1. The molecule has 0 saturated heterocycles. The Bertz CT molecular complexity index is 1120. The van der Waals surface area contributed by atoms with Crippen LogP contribution < -0.4 is 15.7 Å². The number of rotatable bonds is 10. The first-order valence-corrected chi connectivity index (χ1v) is 11.4. The second kappa shape index (κ2) is 11.0. The van der Waals surface area contributed by atoms with Crippen molar-refractivity contribution in [2.24, 2.45) is 12.8 Å². The summed E-state index contributed by atoms with van der Waals surface area (Å²) in [4.78, 5) is 12.6. The van der Waals surface area contributed by atoms with Crippen molar-refractivity contribution in [3.63, 3.8) is 0 Å². The molecular weight excluding hydrogens is 438 g/mol. The number of hydrogen-bond donors (Lipinski definition) is 2. The number of nitrogens with one attached hydrogen (secondary N) is 1. The molecule has 9 nitrogen and oxygen atoms in total. The average molecular weight is 467 g/mol. The summed E-state index contributed by atoms with van der Waals surface area (Å²) < 4.78 is 9.25. The Morgan fingerprint density at radius 2 is 1.97 bits per heavy atom. The number of benzene rings is 2. The van der Waals surface area contributed by atoms with E-state index in [0.717, 1.165) is 11.1 Å². The van der Waals surface area contributed by atoms with Crippen LogP contribution in [0.15, 0.2) is 54.6 Å². The number of amides is 1. The first-order valence-electron chi connectivity index (χ1n) is 10.4. The first-order chi connectivity index (χ1) is 15.8. The third kappa shape index (κ3) is 6.61. The van der Waals surface area contributed by atoms with E-state index >= 15 is 0 Å². The monoisotopic (exact) mass is 466 g/mol. The molecule has 172 valence electrons. The molecule has 0 saturated carbocycles. The fraction of sp³-hybridized carbons (Fsp3) is 0.348. The maximum absolute atomic E-state index is 12.6. The number of aromatic nitrogens is 4. The van der Waals surface area contributed by atoms with Gasteiger partial charge in [0, 0.05) is 21.9 Å². The number of ether oxygens (including phenoxy) is 1. The summed E-state index contributed by atoms with van der Waals surface area (Å²) in [6.07, 6.45) is 0. The van der Waals surface area contributed by atoms with Gasteiger partial charge in [-0.1, -0.05) is 48.5 Å². The zero-order valence-corrected chi connectivity index (χ0v) is 19.7. The van der Waals surface area contributed by atoms with Crippen molar-refractivity contribution in [1.29, 1.82) is 5.26 Å². The molecule has 0 bridgehead atoms. The van der Waals surface area contributed by atoms with Crippen LogP contribution >= 0.6 is 11.9 Å². The van der Waals surface area contributed by atoms with E-state index in [-0.39, 0.29) is 12.5 Å². The second-order valence-corrected chi connectivity index (χ2v) is 8.99. The van der Waals surface area contributed by atoms with Gasteiger partial charge < -0.3 is 15.8 Å². The lowest BCUT2D eigenvalue weighted by Crippen LogP contribution is -2.53. The number of nitrogens with zero attached hydrogens (tertiary/aromatic N) is 5. The Kier molecular flexibility index (Phi) is 8.16. The Morgan fingerprint density at radius 3 is 2.67 bits per heavy atom. The summed E-state index contributed by atoms with van der Waals surface area (Å²) in [5, 5.41) is 20.7. The molecule has 1 heterocycles. The first kappa shape index (κ1) is 24.4. The molecule has 3 rings (SSSR count). The molecule has 0 unspecified atom stereocenters. The average Bonchev–Trinajstić information content (AvgIpc) is 3.17. The molecule has 0 radical (unpaired) electrons. The molecule has 2 aromatic carbocycles.